The third kappa shape index (κ3) is 4.81. The molecule has 129 valence electrons. The van der Waals surface area contributed by atoms with Crippen molar-refractivity contribution in [3.05, 3.63) is 47.5 Å². The lowest BCUT2D eigenvalue weighted by atomic mass is 10.1. The van der Waals surface area contributed by atoms with E-state index in [0.717, 1.165) is 7.69 Å². The first-order valence-electron chi connectivity index (χ1n) is 7.05. The maximum atomic E-state index is 11.5. The average Bonchev–Trinajstić information content (AvgIpc) is 2.59. The van der Waals surface area contributed by atoms with Gasteiger partial charge in [-0.05, 0) is 24.3 Å². The number of rotatable bonds is 6. The minimum atomic E-state index is -0.545. The zero-order valence-electron chi connectivity index (χ0n) is 13.6. The fraction of sp³-hybridized carbons (Fsp3) is 0.125. The van der Waals surface area contributed by atoms with Crippen molar-refractivity contribution in [1.82, 2.24) is 0 Å². The van der Waals surface area contributed by atoms with Crippen molar-refractivity contribution in [3.63, 3.8) is 0 Å². The first kappa shape index (κ1) is 18.0. The normalized spacial score (nSPS) is 9.84. The second kappa shape index (κ2) is 7.96. The van der Waals surface area contributed by atoms with Crippen LogP contribution in [-0.2, 0) is 9.47 Å². The molecule has 9 heteroatoms. The van der Waals surface area contributed by atoms with E-state index in [2.05, 4.69) is 9.47 Å². The monoisotopic (exact) mass is 343 g/mol. The van der Waals surface area contributed by atoms with Crippen molar-refractivity contribution in [1.29, 1.82) is 0 Å². The highest BCUT2D eigenvalue weighted by atomic mass is 16.6. The van der Waals surface area contributed by atoms with Gasteiger partial charge in [0.05, 0.1) is 25.3 Å². The fourth-order valence-electron chi connectivity index (χ4n) is 1.99. The van der Waals surface area contributed by atoms with E-state index < -0.39 is 11.9 Å². The van der Waals surface area contributed by atoms with E-state index >= 15 is 0 Å². The van der Waals surface area contributed by atoms with Gasteiger partial charge in [-0.2, -0.15) is 0 Å². The largest absolute Gasteiger partial charge is 0.658 e. The molecule has 0 unspecified atom stereocenters. The van der Waals surface area contributed by atoms with Gasteiger partial charge in [0.1, 0.15) is 11.5 Å². The molecule has 0 heterocycles. The summed E-state index contributed by atoms with van der Waals surface area (Å²) >= 11 is 0. The van der Waals surface area contributed by atoms with Gasteiger partial charge in [0, 0.05) is 23.5 Å². The molecule has 2 rings (SSSR count). The molecular weight excluding hydrogens is 327 g/mol. The number of nitrogen functional groups attached to an aromatic ring is 2. The molecule has 0 spiro atoms. The molecule has 0 saturated carbocycles. The molecule has 25 heavy (non-hydrogen) atoms. The lowest BCUT2D eigenvalue weighted by Gasteiger charge is -2.10. The van der Waals surface area contributed by atoms with Crippen LogP contribution < -0.4 is 20.8 Å². The highest BCUT2D eigenvalue weighted by Gasteiger charge is 2.12. The Bertz CT molecular complexity index is 731. The molecular formula is C16H16BN2O6. The van der Waals surface area contributed by atoms with Crippen LogP contribution in [0.15, 0.2) is 36.4 Å². The van der Waals surface area contributed by atoms with Gasteiger partial charge < -0.3 is 30.2 Å². The Morgan fingerprint density at radius 2 is 1.16 bits per heavy atom. The molecule has 0 atom stereocenters. The van der Waals surface area contributed by atoms with Crippen molar-refractivity contribution in [3.8, 4) is 11.5 Å². The summed E-state index contributed by atoms with van der Waals surface area (Å²) in [6.45, 7) is 0. The molecule has 0 saturated heterocycles. The first-order valence-corrected chi connectivity index (χ1v) is 7.05. The highest BCUT2D eigenvalue weighted by molar-refractivity contribution is 6.20. The summed E-state index contributed by atoms with van der Waals surface area (Å²) in [6.07, 6.45) is 0. The smallest absolute Gasteiger partial charge is 0.526 e. The molecule has 0 aliphatic heterocycles. The summed E-state index contributed by atoms with van der Waals surface area (Å²) in [5, 5.41) is 0. The Kier molecular flexibility index (Phi) is 5.73. The van der Waals surface area contributed by atoms with E-state index in [1.54, 1.807) is 0 Å². The summed E-state index contributed by atoms with van der Waals surface area (Å²) in [5.41, 5.74) is 12.5. The number of nitrogens with two attached hydrogens (primary N) is 2. The van der Waals surface area contributed by atoms with Gasteiger partial charge in [0.25, 0.3) is 0 Å². The van der Waals surface area contributed by atoms with Crippen LogP contribution in [0.5, 0.6) is 11.5 Å². The van der Waals surface area contributed by atoms with Crippen molar-refractivity contribution in [2.75, 3.05) is 25.7 Å². The SMILES string of the molecule is COC(=O)c1cc(N)cc(O[B]Oc2cc(N)cc(C(=O)OC)c2)c1. The molecule has 1 radical (unpaired) electrons. The molecule has 0 aromatic heterocycles. The van der Waals surface area contributed by atoms with Crippen molar-refractivity contribution < 1.29 is 28.4 Å². The molecule has 0 amide bonds. The van der Waals surface area contributed by atoms with Gasteiger partial charge in [0.2, 0.25) is 0 Å². The number of benzene rings is 2. The Labute approximate surface area is 144 Å². The van der Waals surface area contributed by atoms with Gasteiger partial charge >= 0.3 is 19.6 Å². The first-order chi connectivity index (χ1) is 11.9. The number of carbonyl (C=O) groups excluding carboxylic acids is 2. The molecule has 0 aliphatic rings. The van der Waals surface area contributed by atoms with Crippen molar-refractivity contribution >= 4 is 31.0 Å². The summed E-state index contributed by atoms with van der Waals surface area (Å²) in [6, 6.07) is 8.82. The molecule has 0 fully saturated rings. The van der Waals surface area contributed by atoms with Crippen LogP contribution in [0, 0.1) is 0 Å². The second-order valence-electron chi connectivity index (χ2n) is 4.90. The number of methoxy groups -OCH3 is 2. The van der Waals surface area contributed by atoms with Crippen LogP contribution in [0.2, 0.25) is 0 Å². The zero-order chi connectivity index (χ0) is 18.4. The molecule has 4 N–H and O–H groups in total. The third-order valence-electron chi connectivity index (χ3n) is 3.07. The Hall–Kier alpha value is -3.36. The highest BCUT2D eigenvalue weighted by Crippen LogP contribution is 2.21. The minimum Gasteiger partial charge on any atom is -0.526 e. The lowest BCUT2D eigenvalue weighted by Crippen LogP contribution is -2.13. The van der Waals surface area contributed by atoms with Crippen molar-refractivity contribution in [2.45, 2.75) is 0 Å². The Morgan fingerprint density at radius 1 is 0.760 bits per heavy atom. The predicted octanol–water partition coefficient (Wildman–Crippen LogP) is 1.42. The summed E-state index contributed by atoms with van der Waals surface area (Å²) < 4.78 is 19.9. The molecule has 0 aliphatic carbocycles. The quantitative estimate of drug-likeness (QED) is 0.458. The summed E-state index contributed by atoms with van der Waals surface area (Å²) in [4.78, 5) is 23.1. The van der Waals surface area contributed by atoms with Gasteiger partial charge in [0.15, 0.2) is 0 Å². The Balaban J connectivity index is 2.06. The molecule has 2 aromatic carbocycles. The fourth-order valence-corrected chi connectivity index (χ4v) is 1.99. The van der Waals surface area contributed by atoms with E-state index in [0.29, 0.717) is 11.4 Å². The van der Waals surface area contributed by atoms with Crippen LogP contribution in [0.25, 0.3) is 0 Å². The van der Waals surface area contributed by atoms with E-state index in [4.69, 9.17) is 20.8 Å². The van der Waals surface area contributed by atoms with Crippen LogP contribution in [0.3, 0.4) is 0 Å². The number of carbonyl (C=O) groups is 2. The van der Waals surface area contributed by atoms with E-state index in [9.17, 15) is 9.59 Å². The maximum absolute atomic E-state index is 11.5. The number of anilines is 2. The molecule has 8 nitrogen and oxygen atoms in total. The van der Waals surface area contributed by atoms with Gasteiger partial charge in [-0.25, -0.2) is 9.59 Å². The third-order valence-corrected chi connectivity index (χ3v) is 3.07. The van der Waals surface area contributed by atoms with Gasteiger partial charge in [-0.1, -0.05) is 0 Å². The standard InChI is InChI=1S/C16H16BN2O6/c1-22-15(20)9-3-11(18)7-13(5-9)24-17-25-14-6-10(16(21)23-2)4-12(19)8-14/h3-8H,18-19H2,1-2H3. The van der Waals surface area contributed by atoms with E-state index in [1.807, 2.05) is 0 Å². The number of hydrogen-bond acceptors (Lipinski definition) is 8. The van der Waals surface area contributed by atoms with Crippen LogP contribution in [-0.4, -0.2) is 33.8 Å². The minimum absolute atomic E-state index is 0.239. The Morgan fingerprint density at radius 3 is 1.52 bits per heavy atom. The van der Waals surface area contributed by atoms with Crippen LogP contribution >= 0.6 is 0 Å². The van der Waals surface area contributed by atoms with Gasteiger partial charge in [-0.3, -0.25) is 0 Å². The number of esters is 2. The maximum Gasteiger partial charge on any atom is 0.658 e. The van der Waals surface area contributed by atoms with E-state index in [-0.39, 0.29) is 22.6 Å². The molecule has 0 bridgehead atoms. The topological polar surface area (TPSA) is 123 Å². The van der Waals surface area contributed by atoms with E-state index in [1.165, 1.54) is 50.6 Å². The average molecular weight is 343 g/mol. The van der Waals surface area contributed by atoms with Crippen molar-refractivity contribution in [2.24, 2.45) is 0 Å². The second-order valence-corrected chi connectivity index (χ2v) is 4.90. The summed E-state index contributed by atoms with van der Waals surface area (Å²) in [5.74, 6) is -0.539. The number of hydrogen-bond donors (Lipinski definition) is 2. The number of ether oxygens (including phenoxy) is 2. The lowest BCUT2D eigenvalue weighted by molar-refractivity contribution is 0.0592. The zero-order valence-corrected chi connectivity index (χ0v) is 13.6. The molecule has 2 aromatic rings. The predicted molar refractivity (Wildman–Crippen MR) is 91.4 cm³/mol. The van der Waals surface area contributed by atoms with Crippen LogP contribution in [0.4, 0.5) is 11.4 Å². The van der Waals surface area contributed by atoms with Gasteiger partial charge in [-0.15, -0.1) is 0 Å². The van der Waals surface area contributed by atoms with Crippen LogP contribution in [0.1, 0.15) is 20.7 Å². The summed E-state index contributed by atoms with van der Waals surface area (Å²) in [7, 11) is 3.55.